The van der Waals surface area contributed by atoms with Gasteiger partial charge >= 0.3 is 0 Å². The fourth-order valence-corrected chi connectivity index (χ4v) is 2.99. The third kappa shape index (κ3) is 7.81. The van der Waals surface area contributed by atoms with E-state index in [4.69, 9.17) is 0 Å². The van der Waals surface area contributed by atoms with Gasteiger partial charge in [-0.2, -0.15) is 0 Å². The van der Waals surface area contributed by atoms with Crippen LogP contribution in [-0.2, 0) is 0 Å². The molecule has 0 aliphatic heterocycles. The predicted molar refractivity (Wildman–Crippen MR) is 81.5 cm³/mol. The number of rotatable bonds is 8. The van der Waals surface area contributed by atoms with Crippen molar-refractivity contribution in [2.75, 3.05) is 0 Å². The van der Waals surface area contributed by atoms with E-state index in [-0.39, 0.29) is 0 Å². The van der Waals surface area contributed by atoms with Gasteiger partial charge in [-0.15, -0.1) is 0 Å². The number of halogens is 1. The molecule has 1 rings (SSSR count). The average Bonchev–Trinajstić information content (AvgIpc) is 2.35. The maximum atomic E-state index is 3.72. The Bertz CT molecular complexity index is 240. The zero-order valence-corrected chi connectivity index (χ0v) is 12.8. The SMILES string of the molecule is CCCCCCCC/C(Br)=C/C1C=CCCC1. The molecule has 1 heteroatoms. The molecular formula is C16H27Br. The van der Waals surface area contributed by atoms with E-state index < -0.39 is 0 Å². The highest BCUT2D eigenvalue weighted by molar-refractivity contribution is 9.11. The van der Waals surface area contributed by atoms with Gasteiger partial charge in [-0.05, 0) is 42.5 Å². The molecule has 1 unspecified atom stereocenters. The molecule has 1 aliphatic rings. The van der Waals surface area contributed by atoms with E-state index in [1.165, 1.54) is 68.7 Å². The van der Waals surface area contributed by atoms with Gasteiger partial charge in [0.15, 0.2) is 0 Å². The van der Waals surface area contributed by atoms with Gasteiger partial charge in [0.25, 0.3) is 0 Å². The summed E-state index contributed by atoms with van der Waals surface area (Å²) in [5.74, 6) is 0.693. The smallest absolute Gasteiger partial charge is 0.00424 e. The quantitative estimate of drug-likeness (QED) is 0.361. The van der Waals surface area contributed by atoms with Crippen molar-refractivity contribution < 1.29 is 0 Å². The molecule has 0 aromatic heterocycles. The van der Waals surface area contributed by atoms with Gasteiger partial charge < -0.3 is 0 Å². The lowest BCUT2D eigenvalue weighted by Gasteiger charge is -2.12. The summed E-state index contributed by atoms with van der Waals surface area (Å²) < 4.78 is 1.42. The summed E-state index contributed by atoms with van der Waals surface area (Å²) in [5.41, 5.74) is 0. The van der Waals surface area contributed by atoms with Crippen molar-refractivity contribution in [1.82, 2.24) is 0 Å². The summed E-state index contributed by atoms with van der Waals surface area (Å²) in [6.45, 7) is 2.27. The van der Waals surface area contributed by atoms with Gasteiger partial charge in [-0.3, -0.25) is 0 Å². The molecule has 0 radical (unpaired) electrons. The summed E-state index contributed by atoms with van der Waals surface area (Å²) in [5, 5.41) is 0. The topological polar surface area (TPSA) is 0 Å². The number of allylic oxidation sites excluding steroid dienone is 4. The van der Waals surface area contributed by atoms with E-state index in [1.807, 2.05) is 0 Å². The Kier molecular flexibility index (Phi) is 8.78. The average molecular weight is 299 g/mol. The molecule has 0 bridgehead atoms. The highest BCUT2D eigenvalue weighted by Gasteiger charge is 2.05. The minimum atomic E-state index is 0.693. The van der Waals surface area contributed by atoms with Gasteiger partial charge in [0.2, 0.25) is 0 Å². The molecule has 0 aromatic carbocycles. The minimum Gasteiger partial charge on any atom is -0.0879 e. The van der Waals surface area contributed by atoms with Gasteiger partial charge in [-0.25, -0.2) is 0 Å². The normalized spacial score (nSPS) is 20.8. The van der Waals surface area contributed by atoms with Crippen molar-refractivity contribution in [2.45, 2.75) is 71.1 Å². The first-order valence-corrected chi connectivity index (χ1v) is 8.15. The number of hydrogen-bond donors (Lipinski definition) is 0. The van der Waals surface area contributed by atoms with E-state index in [0.29, 0.717) is 5.92 Å². The first-order valence-electron chi connectivity index (χ1n) is 7.35. The lowest BCUT2D eigenvalue weighted by molar-refractivity contribution is 0.605. The maximum absolute atomic E-state index is 3.72. The molecule has 1 aliphatic carbocycles. The first-order chi connectivity index (χ1) is 8.33. The van der Waals surface area contributed by atoms with Crippen molar-refractivity contribution in [1.29, 1.82) is 0 Å². The molecule has 0 heterocycles. The molecule has 17 heavy (non-hydrogen) atoms. The Balaban J connectivity index is 2.07. The zero-order valence-electron chi connectivity index (χ0n) is 11.3. The molecule has 0 aromatic rings. The Morgan fingerprint density at radius 2 is 2.00 bits per heavy atom. The highest BCUT2D eigenvalue weighted by atomic mass is 79.9. The molecule has 0 fully saturated rings. The van der Waals surface area contributed by atoms with Crippen LogP contribution in [0.1, 0.15) is 71.1 Å². The summed E-state index contributed by atoms with van der Waals surface area (Å²) in [4.78, 5) is 0. The molecule has 0 nitrogen and oxygen atoms in total. The van der Waals surface area contributed by atoms with Crippen molar-refractivity contribution in [2.24, 2.45) is 5.92 Å². The van der Waals surface area contributed by atoms with E-state index in [1.54, 1.807) is 0 Å². The summed E-state index contributed by atoms with van der Waals surface area (Å²) in [7, 11) is 0. The monoisotopic (exact) mass is 298 g/mol. The van der Waals surface area contributed by atoms with Crippen molar-refractivity contribution in [3.63, 3.8) is 0 Å². The van der Waals surface area contributed by atoms with Crippen LogP contribution in [0.15, 0.2) is 22.7 Å². The van der Waals surface area contributed by atoms with Crippen molar-refractivity contribution in [3.8, 4) is 0 Å². The summed E-state index contributed by atoms with van der Waals surface area (Å²) in [6, 6.07) is 0. The van der Waals surface area contributed by atoms with Crippen LogP contribution in [0.3, 0.4) is 0 Å². The Labute approximate surface area is 116 Å². The number of hydrogen-bond acceptors (Lipinski definition) is 0. The van der Waals surface area contributed by atoms with E-state index in [9.17, 15) is 0 Å². The minimum absolute atomic E-state index is 0.693. The first kappa shape index (κ1) is 15.0. The van der Waals surface area contributed by atoms with Crippen LogP contribution in [0.4, 0.5) is 0 Å². The van der Waals surface area contributed by atoms with Crippen molar-refractivity contribution in [3.05, 3.63) is 22.7 Å². The standard InChI is InChI=1S/C16H27Br/c1-2-3-4-5-6-10-13-16(17)14-15-11-8-7-9-12-15/h8,11,14-15H,2-7,9-10,12-13H2,1H3/b16-14-. The van der Waals surface area contributed by atoms with Crippen LogP contribution in [0, 0.1) is 5.92 Å². The second kappa shape index (κ2) is 9.94. The van der Waals surface area contributed by atoms with Crippen molar-refractivity contribution >= 4 is 15.9 Å². The van der Waals surface area contributed by atoms with E-state index in [0.717, 1.165) is 0 Å². The zero-order chi connectivity index (χ0) is 12.3. The third-order valence-electron chi connectivity index (χ3n) is 3.46. The molecule has 98 valence electrons. The van der Waals surface area contributed by atoms with Crippen LogP contribution in [0.2, 0.25) is 0 Å². The second-order valence-corrected chi connectivity index (χ2v) is 6.17. The van der Waals surface area contributed by atoms with E-state index in [2.05, 4.69) is 41.1 Å². The molecular weight excluding hydrogens is 272 g/mol. The van der Waals surface area contributed by atoms with Crippen LogP contribution in [-0.4, -0.2) is 0 Å². The Hall–Kier alpha value is -0.0400. The Morgan fingerprint density at radius 3 is 2.71 bits per heavy atom. The second-order valence-electron chi connectivity index (χ2n) is 5.15. The van der Waals surface area contributed by atoms with Gasteiger partial charge in [0, 0.05) is 0 Å². The van der Waals surface area contributed by atoms with Crippen LogP contribution in [0.25, 0.3) is 0 Å². The molecule has 0 N–H and O–H groups in total. The number of unbranched alkanes of at least 4 members (excludes halogenated alkanes) is 5. The lowest BCUT2D eigenvalue weighted by atomic mass is 9.95. The van der Waals surface area contributed by atoms with Crippen LogP contribution >= 0.6 is 15.9 Å². The fraction of sp³-hybridized carbons (Fsp3) is 0.750. The molecule has 0 amide bonds. The molecule has 0 saturated carbocycles. The highest BCUT2D eigenvalue weighted by Crippen LogP contribution is 2.24. The summed E-state index contributed by atoms with van der Waals surface area (Å²) >= 11 is 3.72. The Morgan fingerprint density at radius 1 is 1.24 bits per heavy atom. The maximum Gasteiger partial charge on any atom is -0.00424 e. The molecule has 1 atom stereocenters. The summed E-state index contributed by atoms with van der Waals surface area (Å²) in [6.07, 6.45) is 20.6. The fourth-order valence-electron chi connectivity index (χ4n) is 2.37. The predicted octanol–water partition coefficient (Wildman–Crippen LogP) is 6.37. The van der Waals surface area contributed by atoms with E-state index >= 15 is 0 Å². The third-order valence-corrected chi connectivity index (χ3v) is 4.12. The van der Waals surface area contributed by atoms with Crippen LogP contribution in [0.5, 0.6) is 0 Å². The molecule has 0 saturated heterocycles. The van der Waals surface area contributed by atoms with Gasteiger partial charge in [0.1, 0.15) is 0 Å². The van der Waals surface area contributed by atoms with Gasteiger partial charge in [-0.1, -0.05) is 73.2 Å². The molecule has 0 spiro atoms. The largest absolute Gasteiger partial charge is 0.0879 e. The lowest BCUT2D eigenvalue weighted by Crippen LogP contribution is -1.97. The van der Waals surface area contributed by atoms with Crippen LogP contribution < -0.4 is 0 Å². The van der Waals surface area contributed by atoms with Gasteiger partial charge in [0.05, 0.1) is 0 Å².